The van der Waals surface area contributed by atoms with Crippen LogP contribution in [0.15, 0.2) is 24.3 Å². The van der Waals surface area contributed by atoms with Gasteiger partial charge in [0.25, 0.3) is 0 Å². The lowest BCUT2D eigenvalue weighted by Crippen LogP contribution is -2.24. The van der Waals surface area contributed by atoms with Gasteiger partial charge in [0.05, 0.1) is 26.4 Å². The normalized spacial score (nSPS) is 18.9. The summed E-state index contributed by atoms with van der Waals surface area (Å²) in [6.07, 6.45) is 2.44. The third kappa shape index (κ3) is 5.49. The third-order valence-corrected chi connectivity index (χ3v) is 3.48. The minimum atomic E-state index is 0.630. The first-order valence-corrected chi connectivity index (χ1v) is 7.35. The molecular formula is C16H25NO3. The van der Waals surface area contributed by atoms with E-state index in [-0.39, 0.29) is 0 Å². The number of hydrogen-bond donors (Lipinski definition) is 1. The second-order valence-corrected chi connectivity index (χ2v) is 5.21. The second-order valence-electron chi connectivity index (χ2n) is 5.21. The highest BCUT2D eigenvalue weighted by molar-refractivity contribution is 5.45. The number of ether oxygens (including phenoxy) is 3. The second kappa shape index (κ2) is 8.95. The van der Waals surface area contributed by atoms with Crippen molar-refractivity contribution in [2.24, 2.45) is 5.92 Å². The lowest BCUT2D eigenvalue weighted by atomic mass is 10.0. The summed E-state index contributed by atoms with van der Waals surface area (Å²) in [4.78, 5) is 0. The molecule has 1 N–H and O–H groups in total. The van der Waals surface area contributed by atoms with Crippen LogP contribution in [0.5, 0.6) is 0 Å². The maximum Gasteiger partial charge on any atom is 0.0718 e. The summed E-state index contributed by atoms with van der Waals surface area (Å²) < 4.78 is 16.0. The van der Waals surface area contributed by atoms with Crippen LogP contribution in [-0.4, -0.2) is 40.1 Å². The number of hydrogen-bond acceptors (Lipinski definition) is 4. The van der Waals surface area contributed by atoms with Crippen LogP contribution in [0.4, 0.5) is 5.69 Å². The van der Waals surface area contributed by atoms with Gasteiger partial charge in [0, 0.05) is 25.9 Å². The van der Waals surface area contributed by atoms with Crippen molar-refractivity contribution >= 4 is 5.69 Å². The van der Waals surface area contributed by atoms with Crippen molar-refractivity contribution in [3.63, 3.8) is 0 Å². The molecule has 4 heteroatoms. The third-order valence-electron chi connectivity index (χ3n) is 3.48. The van der Waals surface area contributed by atoms with Crippen molar-refractivity contribution in [1.29, 1.82) is 0 Å². The molecule has 0 aliphatic carbocycles. The number of anilines is 1. The molecule has 1 unspecified atom stereocenters. The van der Waals surface area contributed by atoms with Crippen LogP contribution in [0.3, 0.4) is 0 Å². The molecule has 1 aromatic rings. The number of methoxy groups -OCH3 is 1. The van der Waals surface area contributed by atoms with Crippen LogP contribution >= 0.6 is 0 Å². The molecule has 20 heavy (non-hydrogen) atoms. The molecule has 1 aliphatic rings. The Morgan fingerprint density at radius 1 is 1.35 bits per heavy atom. The van der Waals surface area contributed by atoms with Gasteiger partial charge in [-0.05, 0) is 36.5 Å². The Labute approximate surface area is 121 Å². The fourth-order valence-corrected chi connectivity index (χ4v) is 2.33. The molecule has 1 atom stereocenters. The van der Waals surface area contributed by atoms with E-state index in [2.05, 4.69) is 29.6 Å². The van der Waals surface area contributed by atoms with Gasteiger partial charge in [-0.1, -0.05) is 12.1 Å². The number of rotatable bonds is 8. The number of nitrogens with one attached hydrogen (secondary N) is 1. The minimum absolute atomic E-state index is 0.630. The number of benzene rings is 1. The molecular weight excluding hydrogens is 254 g/mol. The van der Waals surface area contributed by atoms with E-state index in [1.165, 1.54) is 18.4 Å². The minimum Gasteiger partial charge on any atom is -0.385 e. The monoisotopic (exact) mass is 279 g/mol. The molecule has 1 saturated heterocycles. The van der Waals surface area contributed by atoms with Gasteiger partial charge in [0.2, 0.25) is 0 Å². The van der Waals surface area contributed by atoms with Gasteiger partial charge in [-0.15, -0.1) is 0 Å². The van der Waals surface area contributed by atoms with E-state index < -0.39 is 0 Å². The van der Waals surface area contributed by atoms with Crippen LogP contribution in [-0.2, 0) is 20.8 Å². The summed E-state index contributed by atoms with van der Waals surface area (Å²) in [5.41, 5.74) is 2.34. The van der Waals surface area contributed by atoms with Crippen LogP contribution in [0.2, 0.25) is 0 Å². The molecule has 0 amide bonds. The highest BCUT2D eigenvalue weighted by Gasteiger charge is 2.13. The maximum atomic E-state index is 5.54. The molecule has 0 aromatic heterocycles. The van der Waals surface area contributed by atoms with Crippen molar-refractivity contribution in [2.75, 3.05) is 45.4 Å². The van der Waals surface area contributed by atoms with Gasteiger partial charge < -0.3 is 19.5 Å². The lowest BCUT2D eigenvalue weighted by Gasteiger charge is -2.22. The maximum absolute atomic E-state index is 5.54. The summed E-state index contributed by atoms with van der Waals surface area (Å²) in [7, 11) is 1.68. The van der Waals surface area contributed by atoms with Crippen LogP contribution in [0.1, 0.15) is 18.4 Å². The quantitative estimate of drug-likeness (QED) is 0.743. The standard InChI is InChI=1S/C16H25NO3/c1-18-8-9-20-12-14-4-2-6-16(10-14)17-11-15-5-3-7-19-13-15/h2,4,6,10,15,17H,3,5,7-9,11-13H2,1H3. The highest BCUT2D eigenvalue weighted by Crippen LogP contribution is 2.16. The Balaban J connectivity index is 1.73. The Morgan fingerprint density at radius 3 is 3.10 bits per heavy atom. The molecule has 0 bridgehead atoms. The van der Waals surface area contributed by atoms with E-state index in [0.29, 0.717) is 25.7 Å². The van der Waals surface area contributed by atoms with Gasteiger partial charge in [0.1, 0.15) is 0 Å². The first-order valence-electron chi connectivity index (χ1n) is 7.35. The van der Waals surface area contributed by atoms with Crippen LogP contribution in [0.25, 0.3) is 0 Å². The summed E-state index contributed by atoms with van der Waals surface area (Å²) in [6.45, 7) is 4.68. The van der Waals surface area contributed by atoms with E-state index in [1.54, 1.807) is 7.11 Å². The van der Waals surface area contributed by atoms with Crippen molar-refractivity contribution in [3.05, 3.63) is 29.8 Å². The summed E-state index contributed by atoms with van der Waals surface area (Å²) in [5.74, 6) is 0.630. The molecule has 112 valence electrons. The Bertz CT molecular complexity index is 378. The largest absolute Gasteiger partial charge is 0.385 e. The molecule has 2 rings (SSSR count). The molecule has 0 spiro atoms. The van der Waals surface area contributed by atoms with Crippen molar-refractivity contribution in [2.45, 2.75) is 19.4 Å². The van der Waals surface area contributed by atoms with Gasteiger partial charge >= 0.3 is 0 Å². The fourth-order valence-electron chi connectivity index (χ4n) is 2.33. The van der Waals surface area contributed by atoms with E-state index in [9.17, 15) is 0 Å². The van der Waals surface area contributed by atoms with Crippen molar-refractivity contribution < 1.29 is 14.2 Å². The van der Waals surface area contributed by atoms with Crippen LogP contribution in [0, 0.1) is 5.92 Å². The van der Waals surface area contributed by atoms with E-state index >= 15 is 0 Å². The topological polar surface area (TPSA) is 39.7 Å². The fraction of sp³-hybridized carbons (Fsp3) is 0.625. The molecule has 0 radical (unpaired) electrons. The summed E-state index contributed by atoms with van der Waals surface area (Å²) in [5, 5.41) is 3.50. The zero-order chi connectivity index (χ0) is 14.0. The summed E-state index contributed by atoms with van der Waals surface area (Å²) in [6, 6.07) is 8.40. The first kappa shape index (κ1) is 15.3. The SMILES string of the molecule is COCCOCc1cccc(NCC2CCCOC2)c1. The predicted octanol–water partition coefficient (Wildman–Crippen LogP) is 2.69. The first-order chi connectivity index (χ1) is 9.88. The Kier molecular flexibility index (Phi) is 6.84. The average Bonchev–Trinajstić information content (AvgIpc) is 2.51. The van der Waals surface area contributed by atoms with Gasteiger partial charge in [-0.25, -0.2) is 0 Å². The Hall–Kier alpha value is -1.10. The molecule has 1 fully saturated rings. The van der Waals surface area contributed by atoms with E-state index in [1.807, 2.05) is 0 Å². The van der Waals surface area contributed by atoms with Crippen molar-refractivity contribution in [1.82, 2.24) is 0 Å². The predicted molar refractivity (Wildman–Crippen MR) is 80.0 cm³/mol. The van der Waals surface area contributed by atoms with Gasteiger partial charge in [-0.3, -0.25) is 0 Å². The van der Waals surface area contributed by atoms with Gasteiger partial charge in [0.15, 0.2) is 0 Å². The van der Waals surface area contributed by atoms with Crippen molar-refractivity contribution in [3.8, 4) is 0 Å². The average molecular weight is 279 g/mol. The molecule has 1 aliphatic heterocycles. The van der Waals surface area contributed by atoms with Crippen LogP contribution < -0.4 is 5.32 Å². The highest BCUT2D eigenvalue weighted by atomic mass is 16.5. The lowest BCUT2D eigenvalue weighted by molar-refractivity contribution is 0.0594. The summed E-state index contributed by atoms with van der Waals surface area (Å²) >= 11 is 0. The smallest absolute Gasteiger partial charge is 0.0718 e. The zero-order valence-electron chi connectivity index (χ0n) is 12.3. The zero-order valence-corrected chi connectivity index (χ0v) is 12.3. The molecule has 1 heterocycles. The molecule has 4 nitrogen and oxygen atoms in total. The van der Waals surface area contributed by atoms with E-state index in [0.717, 1.165) is 25.4 Å². The molecule has 0 saturated carbocycles. The Morgan fingerprint density at radius 2 is 2.30 bits per heavy atom. The van der Waals surface area contributed by atoms with E-state index in [4.69, 9.17) is 14.2 Å². The molecule has 1 aromatic carbocycles. The van der Waals surface area contributed by atoms with Gasteiger partial charge in [-0.2, -0.15) is 0 Å².